The van der Waals surface area contributed by atoms with Crippen molar-refractivity contribution < 1.29 is 18.0 Å². The molecule has 0 fully saturated rings. The van der Waals surface area contributed by atoms with Crippen LogP contribution in [0, 0.1) is 6.92 Å². The Balaban J connectivity index is 1.64. The number of sulfonamides is 1. The second-order valence-electron chi connectivity index (χ2n) is 7.24. The third-order valence-electron chi connectivity index (χ3n) is 4.95. The zero-order valence-corrected chi connectivity index (χ0v) is 18.6. The molecule has 1 heterocycles. The average molecular weight is 462 g/mol. The van der Waals surface area contributed by atoms with E-state index in [1.807, 2.05) is 31.2 Å². The van der Waals surface area contributed by atoms with Gasteiger partial charge in [0.1, 0.15) is 6.04 Å². The van der Waals surface area contributed by atoms with Crippen LogP contribution in [0.25, 0.3) is 0 Å². The van der Waals surface area contributed by atoms with Gasteiger partial charge in [0.2, 0.25) is 11.8 Å². The van der Waals surface area contributed by atoms with Crippen LogP contribution >= 0.6 is 11.6 Å². The molecule has 0 spiro atoms. The van der Waals surface area contributed by atoms with E-state index in [0.717, 1.165) is 21.0 Å². The lowest BCUT2D eigenvalue weighted by Gasteiger charge is -2.31. The predicted octanol–water partition coefficient (Wildman–Crippen LogP) is 2.44. The summed E-state index contributed by atoms with van der Waals surface area (Å²) in [6, 6.07) is 12.9. The molecule has 1 atom stereocenters. The fourth-order valence-corrected chi connectivity index (χ4v) is 4.79. The van der Waals surface area contributed by atoms with Crippen molar-refractivity contribution in [3.63, 3.8) is 0 Å². The molecule has 0 radical (unpaired) electrons. The number of hydrogen-bond donors (Lipinski definition) is 2. The zero-order valence-electron chi connectivity index (χ0n) is 17.0. The Morgan fingerprint density at radius 1 is 1.10 bits per heavy atom. The summed E-state index contributed by atoms with van der Waals surface area (Å²) in [5.74, 6) is -0.515. The lowest BCUT2D eigenvalue weighted by molar-refractivity contribution is -0.129. The van der Waals surface area contributed by atoms with Gasteiger partial charge in [0.25, 0.3) is 10.0 Å². The molecule has 7 nitrogen and oxygen atoms in total. The van der Waals surface area contributed by atoms with E-state index in [9.17, 15) is 18.0 Å². The minimum Gasteiger partial charge on any atom is -0.356 e. The molecule has 1 aliphatic rings. The van der Waals surface area contributed by atoms with Gasteiger partial charge in [0.05, 0.1) is 11.3 Å². The van der Waals surface area contributed by atoms with Gasteiger partial charge in [-0.05, 0) is 36.6 Å². The van der Waals surface area contributed by atoms with Crippen molar-refractivity contribution in [3.05, 3.63) is 77.6 Å². The molecule has 3 rings (SSSR count). The van der Waals surface area contributed by atoms with E-state index in [0.29, 0.717) is 18.8 Å². The molecule has 0 aromatic heterocycles. The molecule has 2 amide bonds. The maximum atomic E-state index is 13.0. The van der Waals surface area contributed by atoms with Crippen molar-refractivity contribution in [2.45, 2.75) is 36.6 Å². The molecule has 2 aromatic carbocycles. The number of benzene rings is 2. The number of amides is 2. The largest absolute Gasteiger partial charge is 0.356 e. The summed E-state index contributed by atoms with van der Waals surface area (Å²) >= 11 is 5.78. The number of nitrogens with one attached hydrogen (secondary N) is 2. The van der Waals surface area contributed by atoms with Gasteiger partial charge >= 0.3 is 0 Å². The third-order valence-corrected chi connectivity index (χ3v) is 7.05. The quantitative estimate of drug-likeness (QED) is 0.590. The molecule has 0 bridgehead atoms. The Morgan fingerprint density at radius 2 is 1.74 bits per heavy atom. The SMILES string of the molecule is Cc1ccc(S(=O)(=O)N2C=CNC(=O)C2CC(=O)NCCc2ccc(CCl)cc2)cc1. The first-order valence-corrected chi connectivity index (χ1v) is 11.8. The molecule has 31 heavy (non-hydrogen) atoms. The summed E-state index contributed by atoms with van der Waals surface area (Å²) in [6.07, 6.45) is 2.85. The Morgan fingerprint density at radius 3 is 2.39 bits per heavy atom. The summed E-state index contributed by atoms with van der Waals surface area (Å²) in [5.41, 5.74) is 2.97. The van der Waals surface area contributed by atoms with Gasteiger partial charge in [-0.15, -0.1) is 11.6 Å². The molecule has 1 unspecified atom stereocenters. The summed E-state index contributed by atoms with van der Waals surface area (Å²) in [7, 11) is -3.98. The number of carbonyl (C=O) groups is 2. The monoisotopic (exact) mass is 461 g/mol. The number of rotatable bonds is 8. The summed E-state index contributed by atoms with van der Waals surface area (Å²) in [6.45, 7) is 2.22. The molecule has 0 saturated heterocycles. The van der Waals surface area contributed by atoms with E-state index in [4.69, 9.17) is 11.6 Å². The first kappa shape index (κ1) is 22.8. The number of nitrogens with zero attached hydrogens (tertiary/aromatic N) is 1. The molecule has 0 aliphatic carbocycles. The standard InChI is InChI=1S/C22H24ClN3O4S/c1-16-2-8-19(9-3-16)31(29,30)26-13-12-25-22(28)20(26)14-21(27)24-11-10-17-4-6-18(15-23)7-5-17/h2-9,12-13,20H,10-11,14-15H2,1H3,(H,24,27)(H,25,28). The van der Waals surface area contributed by atoms with E-state index in [1.165, 1.54) is 24.5 Å². The van der Waals surface area contributed by atoms with Gasteiger partial charge in [-0.1, -0.05) is 42.0 Å². The average Bonchev–Trinajstić information content (AvgIpc) is 2.76. The normalized spacial score (nSPS) is 16.1. The van der Waals surface area contributed by atoms with Crippen molar-refractivity contribution in [3.8, 4) is 0 Å². The molecular formula is C22H24ClN3O4S. The van der Waals surface area contributed by atoms with Crippen LogP contribution in [0.3, 0.4) is 0 Å². The highest BCUT2D eigenvalue weighted by molar-refractivity contribution is 7.89. The van der Waals surface area contributed by atoms with E-state index in [2.05, 4.69) is 10.6 Å². The summed E-state index contributed by atoms with van der Waals surface area (Å²) < 4.78 is 27.0. The van der Waals surface area contributed by atoms with Crippen LogP contribution in [-0.4, -0.2) is 37.1 Å². The molecule has 1 aliphatic heterocycles. The highest BCUT2D eigenvalue weighted by Crippen LogP contribution is 2.22. The first-order chi connectivity index (χ1) is 14.8. The Hall–Kier alpha value is -2.84. The van der Waals surface area contributed by atoms with Gasteiger partial charge in [0.15, 0.2) is 0 Å². The van der Waals surface area contributed by atoms with Gasteiger partial charge in [0, 0.05) is 24.8 Å². The molecular weight excluding hydrogens is 438 g/mol. The summed E-state index contributed by atoms with van der Waals surface area (Å²) in [4.78, 5) is 24.9. The van der Waals surface area contributed by atoms with Crippen LogP contribution in [0.1, 0.15) is 23.1 Å². The zero-order chi connectivity index (χ0) is 22.4. The Labute approximate surface area is 187 Å². The van der Waals surface area contributed by atoms with Gasteiger partial charge in [-0.2, -0.15) is 0 Å². The van der Waals surface area contributed by atoms with Crippen molar-refractivity contribution >= 4 is 33.4 Å². The Bertz CT molecular complexity index is 1070. The van der Waals surface area contributed by atoms with Crippen molar-refractivity contribution in [2.75, 3.05) is 6.54 Å². The minimum atomic E-state index is -3.98. The molecule has 2 aromatic rings. The second kappa shape index (κ2) is 9.98. The lowest BCUT2D eigenvalue weighted by Crippen LogP contribution is -2.51. The topological polar surface area (TPSA) is 95.6 Å². The smallest absolute Gasteiger partial charge is 0.264 e. The van der Waals surface area contributed by atoms with Crippen LogP contribution < -0.4 is 10.6 Å². The van der Waals surface area contributed by atoms with E-state index >= 15 is 0 Å². The minimum absolute atomic E-state index is 0.0586. The van der Waals surface area contributed by atoms with E-state index in [1.54, 1.807) is 12.1 Å². The first-order valence-electron chi connectivity index (χ1n) is 9.79. The maximum Gasteiger partial charge on any atom is 0.264 e. The fourth-order valence-electron chi connectivity index (χ4n) is 3.16. The van der Waals surface area contributed by atoms with Crippen LogP contribution in [0.4, 0.5) is 0 Å². The summed E-state index contributed by atoms with van der Waals surface area (Å²) in [5, 5.41) is 5.23. The molecule has 0 saturated carbocycles. The third kappa shape index (κ3) is 5.65. The van der Waals surface area contributed by atoms with Crippen molar-refractivity contribution in [1.29, 1.82) is 0 Å². The lowest BCUT2D eigenvalue weighted by atomic mass is 10.1. The van der Waals surface area contributed by atoms with Crippen LogP contribution in [-0.2, 0) is 31.9 Å². The number of halogens is 1. The van der Waals surface area contributed by atoms with Crippen LogP contribution in [0.5, 0.6) is 0 Å². The van der Waals surface area contributed by atoms with Crippen molar-refractivity contribution in [2.24, 2.45) is 0 Å². The van der Waals surface area contributed by atoms with Gasteiger partial charge in [-0.3, -0.25) is 13.9 Å². The second-order valence-corrected chi connectivity index (χ2v) is 9.35. The number of carbonyl (C=O) groups excluding carboxylic acids is 2. The van der Waals surface area contributed by atoms with Crippen molar-refractivity contribution in [1.82, 2.24) is 14.9 Å². The van der Waals surface area contributed by atoms with Gasteiger partial charge in [-0.25, -0.2) is 8.42 Å². The molecule has 9 heteroatoms. The number of aryl methyl sites for hydroxylation is 1. The number of hydrogen-bond acceptors (Lipinski definition) is 4. The number of alkyl halides is 1. The van der Waals surface area contributed by atoms with Crippen LogP contribution in [0.15, 0.2) is 65.8 Å². The maximum absolute atomic E-state index is 13.0. The Kier molecular flexibility index (Phi) is 7.35. The predicted molar refractivity (Wildman–Crippen MR) is 119 cm³/mol. The molecule has 164 valence electrons. The van der Waals surface area contributed by atoms with E-state index in [-0.39, 0.29) is 11.3 Å². The molecule has 2 N–H and O–H groups in total. The highest BCUT2D eigenvalue weighted by Gasteiger charge is 2.36. The van der Waals surface area contributed by atoms with Gasteiger partial charge < -0.3 is 10.6 Å². The fraction of sp³-hybridized carbons (Fsp3) is 0.273. The highest BCUT2D eigenvalue weighted by atomic mass is 35.5. The van der Waals surface area contributed by atoms with Crippen LogP contribution in [0.2, 0.25) is 0 Å². The van der Waals surface area contributed by atoms with E-state index < -0.39 is 27.9 Å².